The Morgan fingerprint density at radius 1 is 1.38 bits per heavy atom. The van der Waals surface area contributed by atoms with Crippen molar-refractivity contribution in [2.75, 3.05) is 38.7 Å². The molecule has 0 bridgehead atoms. The van der Waals surface area contributed by atoms with Crippen LogP contribution in [0.15, 0.2) is 18.5 Å². The Bertz CT molecular complexity index is 390. The lowest BCUT2D eigenvalue weighted by Gasteiger charge is -2.33. The largest absolute Gasteiger partial charge is 0.316 e. The fourth-order valence-electron chi connectivity index (χ4n) is 1.67. The second kappa shape index (κ2) is 4.92. The van der Waals surface area contributed by atoms with E-state index in [0.717, 1.165) is 31.9 Å². The Morgan fingerprint density at radius 3 is 2.81 bits per heavy atom. The summed E-state index contributed by atoms with van der Waals surface area (Å²) in [6.07, 6.45) is 3.32. The number of nitrogens with one attached hydrogen (secondary N) is 1. The number of pyridine rings is 1. The number of hydrazine groups is 1. The molecule has 1 aliphatic heterocycles. The van der Waals surface area contributed by atoms with Gasteiger partial charge >= 0.3 is 0 Å². The highest BCUT2D eigenvalue weighted by Gasteiger charge is 2.14. The van der Waals surface area contributed by atoms with Crippen molar-refractivity contribution in [1.82, 2.24) is 14.9 Å². The van der Waals surface area contributed by atoms with Crippen LogP contribution in [0, 0.1) is 11.3 Å². The summed E-state index contributed by atoms with van der Waals surface area (Å²) in [6.45, 7) is 3.98. The van der Waals surface area contributed by atoms with Crippen LogP contribution in [0.4, 0.5) is 5.69 Å². The first-order valence-electron chi connectivity index (χ1n) is 5.34. The van der Waals surface area contributed by atoms with Gasteiger partial charge in [0.1, 0.15) is 6.07 Å². The van der Waals surface area contributed by atoms with Crippen LogP contribution in [0.2, 0.25) is 0 Å². The molecule has 0 saturated carbocycles. The Balaban J connectivity index is 2.01. The van der Waals surface area contributed by atoms with E-state index in [-0.39, 0.29) is 0 Å². The number of piperazine rings is 1. The highest BCUT2D eigenvalue weighted by atomic mass is 15.5. The second-order valence-corrected chi connectivity index (χ2v) is 3.94. The van der Waals surface area contributed by atoms with E-state index in [1.165, 1.54) is 0 Å². The third-order valence-electron chi connectivity index (χ3n) is 2.72. The molecule has 1 saturated heterocycles. The van der Waals surface area contributed by atoms with Gasteiger partial charge in [0.25, 0.3) is 0 Å². The topological polar surface area (TPSA) is 55.2 Å². The smallest absolute Gasteiger partial charge is 0.101 e. The third-order valence-corrected chi connectivity index (χ3v) is 2.72. The summed E-state index contributed by atoms with van der Waals surface area (Å²) >= 11 is 0. The lowest BCUT2D eigenvalue weighted by molar-refractivity contribution is 0.179. The maximum atomic E-state index is 8.95. The molecule has 0 aliphatic carbocycles. The number of aromatic nitrogens is 1. The van der Waals surface area contributed by atoms with Gasteiger partial charge in [0.2, 0.25) is 0 Å². The summed E-state index contributed by atoms with van der Waals surface area (Å²) in [5.41, 5.74) is 4.66. The molecule has 0 amide bonds. The molecule has 2 rings (SSSR count). The minimum Gasteiger partial charge on any atom is -0.316 e. The van der Waals surface area contributed by atoms with E-state index in [2.05, 4.69) is 33.4 Å². The first-order valence-corrected chi connectivity index (χ1v) is 5.34. The summed E-state index contributed by atoms with van der Waals surface area (Å²) < 4.78 is 0. The zero-order chi connectivity index (χ0) is 11.4. The minimum atomic E-state index is 0.633. The molecular formula is C11H15N5. The maximum Gasteiger partial charge on any atom is 0.101 e. The van der Waals surface area contributed by atoms with Crippen molar-refractivity contribution in [3.8, 4) is 6.07 Å². The van der Waals surface area contributed by atoms with Crippen LogP contribution in [0.3, 0.4) is 0 Å². The van der Waals surface area contributed by atoms with Crippen LogP contribution in [0.25, 0.3) is 0 Å². The molecule has 16 heavy (non-hydrogen) atoms. The van der Waals surface area contributed by atoms with E-state index in [1.807, 2.05) is 0 Å². The first-order chi connectivity index (χ1) is 7.79. The number of hydrogen-bond donors (Lipinski definition) is 1. The van der Waals surface area contributed by atoms with Crippen LogP contribution in [-0.4, -0.2) is 48.1 Å². The van der Waals surface area contributed by atoms with Crippen molar-refractivity contribution in [2.45, 2.75) is 0 Å². The molecule has 0 aromatic carbocycles. The summed E-state index contributed by atoms with van der Waals surface area (Å²) in [4.78, 5) is 6.31. The predicted molar refractivity (Wildman–Crippen MR) is 61.6 cm³/mol. The lowest BCUT2D eigenvalue weighted by Crippen LogP contribution is -2.47. The Morgan fingerprint density at radius 2 is 2.12 bits per heavy atom. The van der Waals surface area contributed by atoms with E-state index in [0.29, 0.717) is 5.56 Å². The average Bonchev–Trinajstić information content (AvgIpc) is 2.33. The zero-order valence-electron chi connectivity index (χ0n) is 9.35. The van der Waals surface area contributed by atoms with Gasteiger partial charge in [-0.05, 0) is 13.1 Å². The molecule has 84 valence electrons. The molecule has 1 aliphatic rings. The molecule has 5 heteroatoms. The number of hydrogen-bond acceptors (Lipinski definition) is 5. The van der Waals surface area contributed by atoms with E-state index >= 15 is 0 Å². The van der Waals surface area contributed by atoms with Crippen LogP contribution in [-0.2, 0) is 0 Å². The standard InChI is InChI=1S/C11H15N5/c1-15-4-6-16(7-5-15)14-11-9-13-3-2-10(11)8-12/h2-3,9,14H,4-7H2,1H3. The molecule has 0 unspecified atom stereocenters. The van der Waals surface area contributed by atoms with Gasteiger partial charge in [0.15, 0.2) is 0 Å². The van der Waals surface area contributed by atoms with E-state index in [1.54, 1.807) is 18.5 Å². The molecular weight excluding hydrogens is 202 g/mol. The molecule has 1 N–H and O–H groups in total. The van der Waals surface area contributed by atoms with Gasteiger partial charge in [-0.15, -0.1) is 0 Å². The summed E-state index contributed by atoms with van der Waals surface area (Å²) in [5.74, 6) is 0. The van der Waals surface area contributed by atoms with Gasteiger partial charge in [0.05, 0.1) is 17.4 Å². The number of rotatable bonds is 2. The molecule has 0 radical (unpaired) electrons. The summed E-state index contributed by atoms with van der Waals surface area (Å²) in [7, 11) is 2.11. The minimum absolute atomic E-state index is 0.633. The van der Waals surface area contributed by atoms with Crippen molar-refractivity contribution in [3.05, 3.63) is 24.0 Å². The molecule has 1 aromatic heterocycles. The number of likely N-dealkylation sites (N-methyl/N-ethyl adjacent to an activating group) is 1. The van der Waals surface area contributed by atoms with Crippen molar-refractivity contribution < 1.29 is 0 Å². The van der Waals surface area contributed by atoms with Gasteiger partial charge in [0, 0.05) is 32.4 Å². The Kier molecular flexibility index (Phi) is 3.34. The maximum absolute atomic E-state index is 8.95. The molecule has 1 aromatic rings. The van der Waals surface area contributed by atoms with E-state index in [9.17, 15) is 0 Å². The SMILES string of the molecule is CN1CCN(Nc2cnccc2C#N)CC1. The second-order valence-electron chi connectivity index (χ2n) is 3.94. The molecule has 1 fully saturated rings. The molecule has 0 spiro atoms. The van der Waals surface area contributed by atoms with Gasteiger partial charge in [-0.3, -0.25) is 4.98 Å². The number of nitrogens with zero attached hydrogens (tertiary/aromatic N) is 4. The highest BCUT2D eigenvalue weighted by Crippen LogP contribution is 2.13. The van der Waals surface area contributed by atoms with Crippen molar-refractivity contribution in [3.63, 3.8) is 0 Å². The monoisotopic (exact) mass is 217 g/mol. The van der Waals surface area contributed by atoms with Crippen LogP contribution in [0.5, 0.6) is 0 Å². The number of anilines is 1. The van der Waals surface area contributed by atoms with E-state index < -0.39 is 0 Å². The summed E-state index contributed by atoms with van der Waals surface area (Å²) in [6, 6.07) is 3.87. The van der Waals surface area contributed by atoms with E-state index in [4.69, 9.17) is 5.26 Å². The zero-order valence-corrected chi connectivity index (χ0v) is 9.35. The van der Waals surface area contributed by atoms with Gasteiger partial charge < -0.3 is 10.3 Å². The predicted octanol–water partition coefficient (Wildman–Crippen LogP) is 0.528. The Hall–Kier alpha value is -1.64. The average molecular weight is 217 g/mol. The highest BCUT2D eigenvalue weighted by molar-refractivity contribution is 5.54. The van der Waals surface area contributed by atoms with Gasteiger partial charge in [-0.25, -0.2) is 5.01 Å². The fraction of sp³-hybridized carbons (Fsp3) is 0.455. The van der Waals surface area contributed by atoms with Crippen molar-refractivity contribution in [1.29, 1.82) is 5.26 Å². The van der Waals surface area contributed by atoms with Crippen LogP contribution < -0.4 is 5.43 Å². The molecule has 2 heterocycles. The molecule has 5 nitrogen and oxygen atoms in total. The van der Waals surface area contributed by atoms with Crippen LogP contribution >= 0.6 is 0 Å². The van der Waals surface area contributed by atoms with Gasteiger partial charge in [-0.1, -0.05) is 0 Å². The van der Waals surface area contributed by atoms with Crippen LogP contribution in [0.1, 0.15) is 5.56 Å². The normalized spacial score (nSPS) is 18.0. The third kappa shape index (κ3) is 2.48. The first kappa shape index (κ1) is 10.9. The van der Waals surface area contributed by atoms with Crippen molar-refractivity contribution in [2.24, 2.45) is 0 Å². The summed E-state index contributed by atoms with van der Waals surface area (Å²) in [5, 5.41) is 11.1. The Labute approximate surface area is 95.3 Å². The van der Waals surface area contributed by atoms with Crippen molar-refractivity contribution >= 4 is 5.69 Å². The lowest BCUT2D eigenvalue weighted by atomic mass is 10.2. The molecule has 0 atom stereocenters. The number of nitriles is 1. The fourth-order valence-corrected chi connectivity index (χ4v) is 1.67. The quantitative estimate of drug-likeness (QED) is 0.783. The van der Waals surface area contributed by atoms with Gasteiger partial charge in [-0.2, -0.15) is 5.26 Å².